The number of unbranched alkanes of at least 4 members (excludes halogenated alkanes) is 3. The van der Waals surface area contributed by atoms with Gasteiger partial charge in [0, 0.05) is 0 Å². The molecule has 14 heavy (non-hydrogen) atoms. The van der Waals surface area contributed by atoms with Crippen molar-refractivity contribution >= 4 is 0 Å². The van der Waals surface area contributed by atoms with Gasteiger partial charge in [0.05, 0.1) is 27.2 Å². The van der Waals surface area contributed by atoms with Crippen LogP contribution in [0.25, 0.3) is 0 Å². The van der Waals surface area contributed by atoms with E-state index >= 15 is 0 Å². The average molecular weight is 200 g/mol. The first-order valence-electron chi connectivity index (χ1n) is 6.33. The van der Waals surface area contributed by atoms with Crippen molar-refractivity contribution in [2.45, 2.75) is 64.8 Å². The largest absolute Gasteiger partial charge is 0.328 e. The molecular formula is C13H30N+. The summed E-state index contributed by atoms with van der Waals surface area (Å²) in [5.74, 6) is 0. The molecule has 0 saturated carbocycles. The van der Waals surface area contributed by atoms with Crippen LogP contribution in [-0.2, 0) is 0 Å². The summed E-state index contributed by atoms with van der Waals surface area (Å²) in [5.41, 5.74) is 0. The predicted molar refractivity (Wildman–Crippen MR) is 65.5 cm³/mol. The standard InChI is InChI=1S/C13H30N/c1-6-8-10-12-13(11-9-7-2)14(3,4)5/h13H,6-12H2,1-5H3/q+1. The highest BCUT2D eigenvalue weighted by molar-refractivity contribution is 4.58. The second-order valence-corrected chi connectivity index (χ2v) is 5.41. The van der Waals surface area contributed by atoms with Gasteiger partial charge >= 0.3 is 0 Å². The Labute approximate surface area is 91.1 Å². The molecule has 0 N–H and O–H groups in total. The molecule has 0 fully saturated rings. The van der Waals surface area contributed by atoms with Gasteiger partial charge < -0.3 is 4.48 Å². The molecule has 0 aromatic heterocycles. The van der Waals surface area contributed by atoms with Crippen LogP contribution in [0.15, 0.2) is 0 Å². The zero-order chi connectivity index (χ0) is 11.0. The Hall–Kier alpha value is -0.0400. The fraction of sp³-hybridized carbons (Fsp3) is 1.00. The first-order chi connectivity index (χ1) is 6.52. The van der Waals surface area contributed by atoms with Gasteiger partial charge in [-0.05, 0) is 25.7 Å². The number of hydrogen-bond donors (Lipinski definition) is 0. The molecule has 0 aliphatic rings. The zero-order valence-corrected chi connectivity index (χ0v) is 11.0. The van der Waals surface area contributed by atoms with Crippen molar-refractivity contribution in [3.63, 3.8) is 0 Å². The smallest absolute Gasteiger partial charge is 0.0884 e. The van der Waals surface area contributed by atoms with Crippen LogP contribution in [0.3, 0.4) is 0 Å². The lowest BCUT2D eigenvalue weighted by atomic mass is 10.0. The Kier molecular flexibility index (Phi) is 7.26. The van der Waals surface area contributed by atoms with Gasteiger partial charge in [0.1, 0.15) is 0 Å². The maximum absolute atomic E-state index is 2.34. The second kappa shape index (κ2) is 7.28. The Balaban J connectivity index is 3.85. The van der Waals surface area contributed by atoms with Crippen molar-refractivity contribution in [1.29, 1.82) is 0 Å². The maximum atomic E-state index is 2.34. The highest BCUT2D eigenvalue weighted by Crippen LogP contribution is 2.18. The summed E-state index contributed by atoms with van der Waals surface area (Å²) in [6.45, 7) is 4.58. The minimum absolute atomic E-state index is 0.876. The van der Waals surface area contributed by atoms with Gasteiger partial charge in [-0.3, -0.25) is 0 Å². The van der Waals surface area contributed by atoms with Crippen LogP contribution >= 0.6 is 0 Å². The van der Waals surface area contributed by atoms with E-state index in [-0.39, 0.29) is 0 Å². The SMILES string of the molecule is CCCCCC(CCCC)[N+](C)(C)C. The molecule has 0 aromatic carbocycles. The molecule has 86 valence electrons. The van der Waals surface area contributed by atoms with E-state index in [1.807, 2.05) is 0 Å². The van der Waals surface area contributed by atoms with Crippen LogP contribution in [0.2, 0.25) is 0 Å². The fourth-order valence-corrected chi connectivity index (χ4v) is 1.99. The molecular weight excluding hydrogens is 170 g/mol. The Morgan fingerprint density at radius 2 is 1.29 bits per heavy atom. The van der Waals surface area contributed by atoms with Crippen LogP contribution in [0.1, 0.15) is 58.8 Å². The van der Waals surface area contributed by atoms with E-state index in [1.165, 1.54) is 44.9 Å². The van der Waals surface area contributed by atoms with Gasteiger partial charge in [0.25, 0.3) is 0 Å². The van der Waals surface area contributed by atoms with Gasteiger partial charge in [-0.15, -0.1) is 0 Å². The molecule has 0 aliphatic heterocycles. The van der Waals surface area contributed by atoms with Crippen molar-refractivity contribution in [3.8, 4) is 0 Å². The molecule has 1 heteroatoms. The van der Waals surface area contributed by atoms with Crippen LogP contribution in [0.4, 0.5) is 0 Å². The summed E-state index contributed by atoms with van der Waals surface area (Å²) in [4.78, 5) is 0. The average Bonchev–Trinajstić information content (AvgIpc) is 2.09. The normalized spacial score (nSPS) is 14.4. The van der Waals surface area contributed by atoms with Gasteiger partial charge in [-0.1, -0.05) is 33.1 Å². The Morgan fingerprint density at radius 3 is 1.71 bits per heavy atom. The van der Waals surface area contributed by atoms with Crippen LogP contribution < -0.4 is 0 Å². The van der Waals surface area contributed by atoms with Gasteiger partial charge in [-0.2, -0.15) is 0 Å². The van der Waals surface area contributed by atoms with E-state index in [1.54, 1.807) is 0 Å². The highest BCUT2D eigenvalue weighted by atomic mass is 15.3. The lowest BCUT2D eigenvalue weighted by molar-refractivity contribution is -0.896. The molecule has 0 spiro atoms. The summed E-state index contributed by atoms with van der Waals surface area (Å²) in [7, 11) is 7.02. The van der Waals surface area contributed by atoms with Crippen molar-refractivity contribution in [2.24, 2.45) is 0 Å². The third-order valence-electron chi connectivity index (χ3n) is 3.13. The van der Waals surface area contributed by atoms with Gasteiger partial charge in [-0.25, -0.2) is 0 Å². The molecule has 0 radical (unpaired) electrons. The lowest BCUT2D eigenvalue weighted by Crippen LogP contribution is -2.45. The molecule has 0 aromatic rings. The lowest BCUT2D eigenvalue weighted by Gasteiger charge is -2.34. The van der Waals surface area contributed by atoms with Gasteiger partial charge in [0.15, 0.2) is 0 Å². The number of quaternary nitrogens is 1. The molecule has 1 nitrogen and oxygen atoms in total. The minimum Gasteiger partial charge on any atom is -0.328 e. The minimum atomic E-state index is 0.876. The molecule has 1 atom stereocenters. The van der Waals surface area contributed by atoms with Crippen molar-refractivity contribution in [3.05, 3.63) is 0 Å². The predicted octanol–water partition coefficient (Wildman–Crippen LogP) is 3.83. The zero-order valence-electron chi connectivity index (χ0n) is 11.0. The first kappa shape index (κ1) is 14.0. The van der Waals surface area contributed by atoms with E-state index in [0.717, 1.165) is 10.5 Å². The monoisotopic (exact) mass is 200 g/mol. The van der Waals surface area contributed by atoms with Crippen LogP contribution in [0.5, 0.6) is 0 Å². The molecule has 0 bridgehead atoms. The summed E-state index contributed by atoms with van der Waals surface area (Å²) in [6.07, 6.45) is 9.72. The van der Waals surface area contributed by atoms with Crippen molar-refractivity contribution in [1.82, 2.24) is 0 Å². The number of hydrogen-bond acceptors (Lipinski definition) is 0. The third-order valence-corrected chi connectivity index (χ3v) is 3.13. The number of rotatable bonds is 8. The summed E-state index contributed by atoms with van der Waals surface area (Å²) >= 11 is 0. The third kappa shape index (κ3) is 6.42. The fourth-order valence-electron chi connectivity index (χ4n) is 1.99. The van der Waals surface area contributed by atoms with Crippen LogP contribution in [0, 0.1) is 0 Å². The van der Waals surface area contributed by atoms with E-state index in [2.05, 4.69) is 35.0 Å². The molecule has 0 amide bonds. The second-order valence-electron chi connectivity index (χ2n) is 5.41. The molecule has 0 heterocycles. The quantitative estimate of drug-likeness (QED) is 0.412. The van der Waals surface area contributed by atoms with E-state index < -0.39 is 0 Å². The van der Waals surface area contributed by atoms with Crippen LogP contribution in [-0.4, -0.2) is 31.7 Å². The highest BCUT2D eigenvalue weighted by Gasteiger charge is 2.21. The summed E-state index contributed by atoms with van der Waals surface area (Å²) in [5, 5.41) is 0. The molecule has 0 aliphatic carbocycles. The topological polar surface area (TPSA) is 0 Å². The van der Waals surface area contributed by atoms with Gasteiger partial charge in [0.2, 0.25) is 0 Å². The number of nitrogens with zero attached hydrogens (tertiary/aromatic N) is 1. The van der Waals surface area contributed by atoms with E-state index in [9.17, 15) is 0 Å². The first-order valence-corrected chi connectivity index (χ1v) is 6.33. The van der Waals surface area contributed by atoms with E-state index in [0.29, 0.717) is 0 Å². The van der Waals surface area contributed by atoms with Crippen molar-refractivity contribution in [2.75, 3.05) is 21.1 Å². The Morgan fingerprint density at radius 1 is 0.786 bits per heavy atom. The van der Waals surface area contributed by atoms with Crippen molar-refractivity contribution < 1.29 is 4.48 Å². The summed E-state index contributed by atoms with van der Waals surface area (Å²) < 4.78 is 1.14. The molecule has 0 rings (SSSR count). The summed E-state index contributed by atoms with van der Waals surface area (Å²) in [6, 6.07) is 0.876. The maximum Gasteiger partial charge on any atom is 0.0884 e. The molecule has 1 unspecified atom stereocenters. The molecule has 0 saturated heterocycles. The Bertz CT molecular complexity index is 124. The van der Waals surface area contributed by atoms with E-state index in [4.69, 9.17) is 0 Å².